The number of fused-ring (bicyclic) bond motifs is 5. The van der Waals surface area contributed by atoms with Crippen LogP contribution in [0.2, 0.25) is 18.1 Å². The maximum absolute atomic E-state index is 12.6. The van der Waals surface area contributed by atoms with Gasteiger partial charge in [0.05, 0.1) is 12.2 Å². The molecule has 10 atom stereocenters. The first-order valence-corrected chi connectivity index (χ1v) is 26.6. The maximum atomic E-state index is 12.6. The fourth-order valence-electron chi connectivity index (χ4n) is 12.1. The third-order valence-corrected chi connectivity index (χ3v) is 20.9. The van der Waals surface area contributed by atoms with Crippen LogP contribution in [0.4, 0.5) is 21.0 Å². The van der Waals surface area contributed by atoms with Crippen LogP contribution in [0.15, 0.2) is 60.7 Å². The van der Waals surface area contributed by atoms with Crippen molar-refractivity contribution in [2.24, 2.45) is 46.3 Å². The van der Waals surface area contributed by atoms with Crippen molar-refractivity contribution in [3.05, 3.63) is 60.7 Å². The van der Waals surface area contributed by atoms with E-state index in [2.05, 4.69) is 75.9 Å². The summed E-state index contributed by atoms with van der Waals surface area (Å²) in [6.07, 6.45) is 14.2. The van der Waals surface area contributed by atoms with E-state index in [9.17, 15) is 9.59 Å². The van der Waals surface area contributed by atoms with E-state index in [-0.39, 0.29) is 34.7 Å². The van der Waals surface area contributed by atoms with Gasteiger partial charge in [0.15, 0.2) is 8.32 Å². The molecule has 0 aromatic heterocycles. The van der Waals surface area contributed by atoms with Crippen molar-refractivity contribution in [2.75, 3.05) is 43.5 Å². The predicted octanol–water partition coefficient (Wildman–Crippen LogP) is 11.9. The fraction of sp³-hybridized carbons (Fsp3) is 0.720. The number of ether oxygens (including phenoxy) is 2. The SMILES string of the molecule is C[C@H](CCCO[Si](C)(C)C(C)(C)C)[C@H]1CC[C@H]2[C@@H]3C[C@H](OCCCNC(=O)Nc4ccccc4)[C@@H]4C[C@H](OCCCNC(=O)Nc5ccccc5)CC[C@]4(C)[C@H]3CC[C@]12C. The van der Waals surface area contributed by atoms with Crippen LogP contribution in [0.1, 0.15) is 119 Å². The molecule has 60 heavy (non-hydrogen) atoms. The van der Waals surface area contributed by atoms with Gasteiger partial charge in [-0.1, -0.05) is 77.9 Å². The zero-order valence-electron chi connectivity index (χ0n) is 38.5. The van der Waals surface area contributed by atoms with Crippen LogP contribution >= 0.6 is 0 Å². The number of carbonyl (C=O) groups excluding carboxylic acids is 2. The minimum Gasteiger partial charge on any atom is -0.417 e. The standard InChI is InChI=1S/C50H80N4O5Si/c1-36(18-15-33-59-60(7,8)48(2,3)4)41-23-24-42-40-35-45(58-32-17-30-52-47(56)54-38-21-13-10-14-22-38)44-34-39(25-27-50(44,6)43(40)26-28-49(41,42)5)57-31-16-29-51-46(55)53-37-19-11-9-12-20-37/h9-14,19-22,36,39-45H,15-18,23-35H2,1-8H3,(H2,51,53,55)(H2,52,54,56)/t36-,39-,40+,41-,42+,43+,44+,45+,49-,50-/m1/s1. The lowest BCUT2D eigenvalue weighted by atomic mass is 9.43. The lowest BCUT2D eigenvalue weighted by molar-refractivity contribution is -0.190. The third-order valence-electron chi connectivity index (χ3n) is 16.4. The molecule has 4 N–H and O–H groups in total. The van der Waals surface area contributed by atoms with Crippen LogP contribution in [0.3, 0.4) is 0 Å². The fourth-order valence-corrected chi connectivity index (χ4v) is 13.2. The molecule has 2 aromatic rings. The lowest BCUT2D eigenvalue weighted by Gasteiger charge is -2.63. The Morgan fingerprint density at radius 3 is 1.88 bits per heavy atom. The normalized spacial score (nSPS) is 30.6. The number of para-hydroxylation sites is 2. The molecule has 0 bridgehead atoms. The van der Waals surface area contributed by atoms with Gasteiger partial charge in [0.1, 0.15) is 0 Å². The van der Waals surface area contributed by atoms with Crippen LogP contribution in [0.5, 0.6) is 0 Å². The van der Waals surface area contributed by atoms with E-state index in [1.165, 1.54) is 44.9 Å². The predicted molar refractivity (Wildman–Crippen MR) is 248 cm³/mol. The van der Waals surface area contributed by atoms with E-state index >= 15 is 0 Å². The Bertz CT molecular complexity index is 1660. The minimum atomic E-state index is -1.72. The van der Waals surface area contributed by atoms with Crippen molar-refractivity contribution in [1.29, 1.82) is 0 Å². The highest BCUT2D eigenvalue weighted by Crippen LogP contribution is 2.68. The lowest BCUT2D eigenvalue weighted by Crippen LogP contribution is -2.59. The Hall–Kier alpha value is -2.92. The van der Waals surface area contributed by atoms with E-state index < -0.39 is 8.32 Å². The largest absolute Gasteiger partial charge is 0.417 e. The molecule has 0 heterocycles. The maximum Gasteiger partial charge on any atom is 0.319 e. The average Bonchev–Trinajstić information content (AvgIpc) is 3.57. The Kier molecular flexibility index (Phi) is 15.9. The molecule has 4 amide bonds. The number of urea groups is 2. The number of anilines is 2. The summed E-state index contributed by atoms with van der Waals surface area (Å²) in [7, 11) is -1.72. The monoisotopic (exact) mass is 845 g/mol. The van der Waals surface area contributed by atoms with Gasteiger partial charge in [0.25, 0.3) is 0 Å². The van der Waals surface area contributed by atoms with E-state index in [1.807, 2.05) is 60.7 Å². The molecule has 0 spiro atoms. The summed E-state index contributed by atoms with van der Waals surface area (Å²) in [5, 5.41) is 12.1. The molecular formula is C50H80N4O5Si. The van der Waals surface area contributed by atoms with Gasteiger partial charge in [0, 0.05) is 44.3 Å². The van der Waals surface area contributed by atoms with Crippen LogP contribution < -0.4 is 21.3 Å². The summed E-state index contributed by atoms with van der Waals surface area (Å²) in [4.78, 5) is 25.0. The Morgan fingerprint density at radius 2 is 1.28 bits per heavy atom. The topological polar surface area (TPSA) is 110 Å². The smallest absolute Gasteiger partial charge is 0.319 e. The van der Waals surface area contributed by atoms with Crippen LogP contribution in [-0.2, 0) is 13.9 Å². The van der Waals surface area contributed by atoms with Crippen molar-refractivity contribution in [2.45, 2.75) is 149 Å². The summed E-state index contributed by atoms with van der Waals surface area (Å²) >= 11 is 0. The molecule has 0 radical (unpaired) electrons. The molecule has 0 unspecified atom stereocenters. The molecule has 4 aliphatic rings. The van der Waals surface area contributed by atoms with Crippen LogP contribution in [-0.4, -0.2) is 65.5 Å². The number of benzene rings is 2. The molecule has 4 fully saturated rings. The number of nitrogens with one attached hydrogen (secondary N) is 4. The van der Waals surface area contributed by atoms with Gasteiger partial charge in [-0.25, -0.2) is 9.59 Å². The average molecular weight is 845 g/mol. The zero-order valence-corrected chi connectivity index (χ0v) is 39.5. The quantitative estimate of drug-likeness (QED) is 0.0882. The van der Waals surface area contributed by atoms with Gasteiger partial charge >= 0.3 is 12.1 Å². The molecule has 0 saturated heterocycles. The second-order valence-electron chi connectivity index (χ2n) is 21.1. The number of hydrogen-bond acceptors (Lipinski definition) is 5. The Morgan fingerprint density at radius 1 is 0.717 bits per heavy atom. The van der Waals surface area contributed by atoms with Gasteiger partial charge in [-0.2, -0.15) is 0 Å². The molecule has 4 saturated carbocycles. The van der Waals surface area contributed by atoms with E-state index in [0.29, 0.717) is 49.5 Å². The Labute approximate surface area is 364 Å². The highest BCUT2D eigenvalue weighted by atomic mass is 28.4. The van der Waals surface area contributed by atoms with Crippen LogP contribution in [0.25, 0.3) is 0 Å². The van der Waals surface area contributed by atoms with Gasteiger partial charge < -0.3 is 35.2 Å². The molecule has 2 aromatic carbocycles. The Balaban J connectivity index is 1.05. The summed E-state index contributed by atoms with van der Waals surface area (Å²) in [6, 6.07) is 18.8. The van der Waals surface area contributed by atoms with Crippen molar-refractivity contribution in [3.8, 4) is 0 Å². The van der Waals surface area contributed by atoms with Crippen molar-refractivity contribution >= 4 is 31.8 Å². The van der Waals surface area contributed by atoms with Gasteiger partial charge in [0.2, 0.25) is 0 Å². The first-order valence-electron chi connectivity index (χ1n) is 23.7. The first-order chi connectivity index (χ1) is 28.6. The minimum absolute atomic E-state index is 0.178. The molecule has 9 nitrogen and oxygen atoms in total. The number of carbonyl (C=O) groups is 2. The number of hydrogen-bond donors (Lipinski definition) is 4. The first kappa shape index (κ1) is 46.6. The molecule has 10 heteroatoms. The summed E-state index contributed by atoms with van der Waals surface area (Å²) < 4.78 is 20.2. The summed E-state index contributed by atoms with van der Waals surface area (Å²) in [6.45, 7) is 22.9. The molecule has 334 valence electrons. The number of rotatable bonds is 18. The zero-order chi connectivity index (χ0) is 43.0. The molecule has 0 aliphatic heterocycles. The molecule has 4 aliphatic carbocycles. The summed E-state index contributed by atoms with van der Waals surface area (Å²) in [5.74, 6) is 4.10. The highest BCUT2D eigenvalue weighted by Gasteiger charge is 2.62. The third kappa shape index (κ3) is 11.4. The van der Waals surface area contributed by atoms with E-state index in [1.54, 1.807) is 0 Å². The van der Waals surface area contributed by atoms with Crippen molar-refractivity contribution in [1.82, 2.24) is 10.6 Å². The second kappa shape index (κ2) is 20.5. The molecular weight excluding hydrogens is 765 g/mol. The molecule has 6 rings (SSSR count). The van der Waals surface area contributed by atoms with Crippen molar-refractivity contribution < 1.29 is 23.5 Å². The second-order valence-corrected chi connectivity index (χ2v) is 25.9. The van der Waals surface area contributed by atoms with Gasteiger partial charge in [-0.15, -0.1) is 0 Å². The number of amides is 4. The van der Waals surface area contributed by atoms with Gasteiger partial charge in [-0.3, -0.25) is 0 Å². The van der Waals surface area contributed by atoms with Gasteiger partial charge in [-0.05, 0) is 166 Å². The van der Waals surface area contributed by atoms with E-state index in [4.69, 9.17) is 13.9 Å². The highest BCUT2D eigenvalue weighted by molar-refractivity contribution is 6.74. The van der Waals surface area contributed by atoms with Crippen molar-refractivity contribution in [3.63, 3.8) is 0 Å². The van der Waals surface area contributed by atoms with E-state index in [0.717, 1.165) is 67.8 Å². The van der Waals surface area contributed by atoms with Crippen LogP contribution in [0, 0.1) is 46.3 Å². The summed E-state index contributed by atoms with van der Waals surface area (Å²) in [5.41, 5.74) is 2.19.